The molecule has 1 aliphatic heterocycles. The Morgan fingerprint density at radius 2 is 1.96 bits per heavy atom. The standard InChI is InChI=1S/C22H23N3O2S/c26-22(27)16-10-6-12-25(16)20-19-15-9-4-5-11-17(15)28-21(19)24-18(23-20)13-14-7-2-1-3-8-14/h1-3,7-8,16H,4-6,9-13H2,(H,26,27)/t16-/m1/s1. The highest BCUT2D eigenvalue weighted by Gasteiger charge is 2.34. The normalized spacial score (nSPS) is 19.1. The zero-order valence-electron chi connectivity index (χ0n) is 15.7. The highest BCUT2D eigenvalue weighted by molar-refractivity contribution is 7.19. The minimum atomic E-state index is -0.752. The van der Waals surface area contributed by atoms with Crippen molar-refractivity contribution in [3.63, 3.8) is 0 Å². The molecular formula is C22H23N3O2S. The number of carbonyl (C=O) groups is 1. The average molecular weight is 394 g/mol. The van der Waals surface area contributed by atoms with Gasteiger partial charge < -0.3 is 10.0 Å². The summed E-state index contributed by atoms with van der Waals surface area (Å²) in [5, 5.41) is 10.8. The molecule has 5 rings (SSSR count). The number of thiophene rings is 1. The van der Waals surface area contributed by atoms with Crippen molar-refractivity contribution >= 4 is 33.3 Å². The van der Waals surface area contributed by atoms with Crippen LogP contribution in [0, 0.1) is 0 Å². The van der Waals surface area contributed by atoms with Gasteiger partial charge in [-0.1, -0.05) is 30.3 Å². The predicted molar refractivity (Wildman–Crippen MR) is 111 cm³/mol. The third-order valence-corrected chi connectivity index (χ3v) is 7.04. The molecule has 3 heterocycles. The Morgan fingerprint density at radius 1 is 1.14 bits per heavy atom. The number of aliphatic carboxylic acids is 1. The molecule has 28 heavy (non-hydrogen) atoms. The minimum absolute atomic E-state index is 0.484. The summed E-state index contributed by atoms with van der Waals surface area (Å²) < 4.78 is 0. The van der Waals surface area contributed by atoms with E-state index in [1.54, 1.807) is 11.3 Å². The van der Waals surface area contributed by atoms with E-state index in [2.05, 4.69) is 12.1 Å². The zero-order chi connectivity index (χ0) is 19.1. The Labute approximate surface area is 168 Å². The second-order valence-electron chi connectivity index (χ2n) is 7.71. The molecule has 0 amide bonds. The molecule has 0 radical (unpaired) electrons. The third-order valence-electron chi connectivity index (χ3n) is 5.86. The smallest absolute Gasteiger partial charge is 0.326 e. The number of carboxylic acid groups (broad SMARTS) is 1. The molecule has 1 atom stereocenters. The summed E-state index contributed by atoms with van der Waals surface area (Å²) in [6.45, 7) is 0.748. The number of aromatic nitrogens is 2. The van der Waals surface area contributed by atoms with E-state index < -0.39 is 12.0 Å². The number of benzene rings is 1. The first-order valence-corrected chi connectivity index (χ1v) is 10.9. The van der Waals surface area contributed by atoms with Gasteiger partial charge in [0.2, 0.25) is 0 Å². The van der Waals surface area contributed by atoms with Crippen LogP contribution in [0.1, 0.15) is 47.5 Å². The van der Waals surface area contributed by atoms with E-state index in [4.69, 9.17) is 9.97 Å². The molecule has 3 aromatic rings. The topological polar surface area (TPSA) is 66.3 Å². The summed E-state index contributed by atoms with van der Waals surface area (Å²) >= 11 is 1.78. The number of anilines is 1. The van der Waals surface area contributed by atoms with Gasteiger partial charge in [0.25, 0.3) is 0 Å². The number of fused-ring (bicyclic) bond motifs is 3. The summed E-state index contributed by atoms with van der Waals surface area (Å²) in [6, 6.07) is 9.75. The molecule has 0 saturated carbocycles. The van der Waals surface area contributed by atoms with Crippen LogP contribution in [0.4, 0.5) is 5.82 Å². The van der Waals surface area contributed by atoms with Crippen LogP contribution < -0.4 is 4.90 Å². The zero-order valence-corrected chi connectivity index (χ0v) is 16.5. The molecule has 1 aromatic carbocycles. The van der Waals surface area contributed by atoms with Crippen molar-refractivity contribution in [1.29, 1.82) is 0 Å². The van der Waals surface area contributed by atoms with Crippen molar-refractivity contribution in [2.75, 3.05) is 11.4 Å². The van der Waals surface area contributed by atoms with E-state index in [1.807, 2.05) is 23.1 Å². The number of hydrogen-bond acceptors (Lipinski definition) is 5. The maximum atomic E-state index is 11.8. The molecule has 5 nitrogen and oxygen atoms in total. The van der Waals surface area contributed by atoms with Crippen molar-refractivity contribution in [3.05, 3.63) is 52.2 Å². The van der Waals surface area contributed by atoms with E-state index in [1.165, 1.54) is 28.8 Å². The SMILES string of the molecule is O=C(O)[C@H]1CCCN1c1nc(Cc2ccccc2)nc2sc3c(c12)CCCC3. The number of aryl methyl sites for hydroxylation is 2. The molecule has 2 aromatic heterocycles. The highest BCUT2D eigenvalue weighted by Crippen LogP contribution is 2.41. The quantitative estimate of drug-likeness (QED) is 0.719. The molecule has 1 aliphatic carbocycles. The van der Waals surface area contributed by atoms with Gasteiger partial charge in [-0.25, -0.2) is 14.8 Å². The molecule has 0 unspecified atom stereocenters. The van der Waals surface area contributed by atoms with Gasteiger partial charge in [0.1, 0.15) is 22.5 Å². The first-order valence-electron chi connectivity index (χ1n) is 10.1. The predicted octanol–water partition coefficient (Wildman–Crippen LogP) is 4.21. The van der Waals surface area contributed by atoms with Crippen LogP contribution in [-0.2, 0) is 24.1 Å². The third kappa shape index (κ3) is 3.05. The van der Waals surface area contributed by atoms with Gasteiger partial charge in [-0.3, -0.25) is 0 Å². The molecule has 0 spiro atoms. The van der Waals surface area contributed by atoms with E-state index in [0.29, 0.717) is 12.8 Å². The summed E-state index contributed by atoms with van der Waals surface area (Å²) in [7, 11) is 0. The second kappa shape index (κ2) is 7.17. The van der Waals surface area contributed by atoms with Gasteiger partial charge >= 0.3 is 5.97 Å². The maximum absolute atomic E-state index is 11.8. The van der Waals surface area contributed by atoms with Crippen LogP contribution >= 0.6 is 11.3 Å². The van der Waals surface area contributed by atoms with Crippen LogP contribution in [0.3, 0.4) is 0 Å². The Bertz CT molecular complexity index is 1030. The lowest BCUT2D eigenvalue weighted by molar-refractivity contribution is -0.138. The van der Waals surface area contributed by atoms with E-state index >= 15 is 0 Å². The highest BCUT2D eigenvalue weighted by atomic mass is 32.1. The van der Waals surface area contributed by atoms with Crippen molar-refractivity contribution in [1.82, 2.24) is 9.97 Å². The molecular weight excluding hydrogens is 370 g/mol. The molecule has 144 valence electrons. The fourth-order valence-corrected chi connectivity index (χ4v) is 5.80. The first-order chi connectivity index (χ1) is 13.7. The minimum Gasteiger partial charge on any atom is -0.480 e. The number of rotatable bonds is 4. The Hall–Kier alpha value is -2.47. The summed E-state index contributed by atoms with van der Waals surface area (Å²) in [5.41, 5.74) is 2.54. The van der Waals surface area contributed by atoms with Gasteiger partial charge in [-0.15, -0.1) is 11.3 Å². The van der Waals surface area contributed by atoms with Crippen LogP contribution in [0.5, 0.6) is 0 Å². The molecule has 1 saturated heterocycles. The van der Waals surface area contributed by atoms with Gasteiger partial charge in [0.15, 0.2) is 0 Å². The molecule has 1 fully saturated rings. The second-order valence-corrected chi connectivity index (χ2v) is 8.79. The lowest BCUT2D eigenvalue weighted by Gasteiger charge is -2.24. The maximum Gasteiger partial charge on any atom is 0.326 e. The molecule has 6 heteroatoms. The number of carboxylic acids is 1. The Balaban J connectivity index is 1.66. The van der Waals surface area contributed by atoms with Crippen molar-refractivity contribution in [2.45, 2.75) is 51.0 Å². The largest absolute Gasteiger partial charge is 0.480 e. The monoisotopic (exact) mass is 393 g/mol. The van der Waals surface area contributed by atoms with Crippen molar-refractivity contribution in [2.24, 2.45) is 0 Å². The average Bonchev–Trinajstić information content (AvgIpc) is 3.33. The van der Waals surface area contributed by atoms with E-state index in [0.717, 1.165) is 47.7 Å². The van der Waals surface area contributed by atoms with Gasteiger partial charge in [-0.2, -0.15) is 0 Å². The van der Waals surface area contributed by atoms with Gasteiger partial charge in [0, 0.05) is 17.8 Å². The summed E-state index contributed by atoms with van der Waals surface area (Å²) in [5.74, 6) is 0.876. The first kappa shape index (κ1) is 17.6. The summed E-state index contributed by atoms with van der Waals surface area (Å²) in [4.78, 5) is 26.2. The fraction of sp³-hybridized carbons (Fsp3) is 0.409. The van der Waals surface area contributed by atoms with Crippen LogP contribution in [0.2, 0.25) is 0 Å². The van der Waals surface area contributed by atoms with Crippen LogP contribution in [0.15, 0.2) is 30.3 Å². The molecule has 1 N–H and O–H groups in total. The van der Waals surface area contributed by atoms with Crippen molar-refractivity contribution in [3.8, 4) is 0 Å². The molecule has 0 bridgehead atoms. The number of nitrogens with zero attached hydrogens (tertiary/aromatic N) is 3. The lowest BCUT2D eigenvalue weighted by atomic mass is 9.96. The van der Waals surface area contributed by atoms with Gasteiger partial charge in [0.05, 0.1) is 5.39 Å². The van der Waals surface area contributed by atoms with Crippen LogP contribution in [-0.4, -0.2) is 33.6 Å². The van der Waals surface area contributed by atoms with Crippen LogP contribution in [0.25, 0.3) is 10.2 Å². The Kier molecular flexibility index (Phi) is 4.51. The summed E-state index contributed by atoms with van der Waals surface area (Å²) in [6.07, 6.45) is 6.80. The Morgan fingerprint density at radius 3 is 2.79 bits per heavy atom. The van der Waals surface area contributed by atoms with Gasteiger partial charge in [-0.05, 0) is 49.7 Å². The molecule has 2 aliphatic rings. The van der Waals surface area contributed by atoms with Crippen molar-refractivity contribution < 1.29 is 9.90 Å². The fourth-order valence-electron chi connectivity index (χ4n) is 4.52. The van der Waals surface area contributed by atoms with E-state index in [-0.39, 0.29) is 0 Å². The van der Waals surface area contributed by atoms with E-state index in [9.17, 15) is 9.90 Å². The lowest BCUT2D eigenvalue weighted by Crippen LogP contribution is -2.36. The number of hydrogen-bond donors (Lipinski definition) is 1.